The van der Waals surface area contributed by atoms with E-state index in [4.69, 9.17) is 9.88 Å². The Morgan fingerprint density at radius 3 is 2.39 bits per heavy atom. The van der Waals surface area contributed by atoms with Crippen molar-refractivity contribution >= 4 is 21.6 Å². The SMILES string of the molecule is CC(C)[C@@H](NC(=O)COc1ccc(S(N)(=O)=O)cc1[N+](=O)[O-])c1ccccc1. The van der Waals surface area contributed by atoms with Crippen molar-refractivity contribution in [1.29, 1.82) is 0 Å². The molecular weight excluding hydrogens is 386 g/mol. The molecule has 0 aliphatic heterocycles. The average molecular weight is 407 g/mol. The molecule has 0 spiro atoms. The Kier molecular flexibility index (Phi) is 6.71. The van der Waals surface area contributed by atoms with Crippen LogP contribution in [0.4, 0.5) is 5.69 Å². The molecule has 2 aromatic rings. The third-order valence-electron chi connectivity index (χ3n) is 3.96. The second kappa shape index (κ2) is 8.81. The minimum Gasteiger partial charge on any atom is -0.477 e. The smallest absolute Gasteiger partial charge is 0.312 e. The topological polar surface area (TPSA) is 142 Å². The molecule has 0 unspecified atom stereocenters. The summed E-state index contributed by atoms with van der Waals surface area (Å²) in [6.07, 6.45) is 0. The largest absolute Gasteiger partial charge is 0.477 e. The molecule has 0 saturated carbocycles. The van der Waals surface area contributed by atoms with E-state index in [1.807, 2.05) is 44.2 Å². The molecule has 10 heteroatoms. The summed E-state index contributed by atoms with van der Waals surface area (Å²) in [5.41, 5.74) is 0.331. The summed E-state index contributed by atoms with van der Waals surface area (Å²) in [4.78, 5) is 22.3. The summed E-state index contributed by atoms with van der Waals surface area (Å²) < 4.78 is 28.0. The van der Waals surface area contributed by atoms with Gasteiger partial charge in [0.25, 0.3) is 5.91 Å². The molecule has 0 aromatic heterocycles. The summed E-state index contributed by atoms with van der Waals surface area (Å²) in [7, 11) is -4.10. The number of amides is 1. The van der Waals surface area contributed by atoms with Crippen molar-refractivity contribution in [3.8, 4) is 5.75 Å². The fourth-order valence-electron chi connectivity index (χ4n) is 2.59. The van der Waals surface area contributed by atoms with Gasteiger partial charge in [0.2, 0.25) is 10.0 Å². The first-order valence-corrected chi connectivity index (χ1v) is 9.92. The molecule has 0 bridgehead atoms. The van der Waals surface area contributed by atoms with Gasteiger partial charge in [-0.15, -0.1) is 0 Å². The minimum atomic E-state index is -4.10. The third-order valence-corrected chi connectivity index (χ3v) is 4.87. The highest BCUT2D eigenvalue weighted by atomic mass is 32.2. The summed E-state index contributed by atoms with van der Waals surface area (Å²) in [6.45, 7) is 3.44. The number of carbonyl (C=O) groups is 1. The van der Waals surface area contributed by atoms with Crippen molar-refractivity contribution in [2.75, 3.05) is 6.61 Å². The lowest BCUT2D eigenvalue weighted by atomic mass is 9.96. The van der Waals surface area contributed by atoms with Crippen LogP contribution >= 0.6 is 0 Å². The van der Waals surface area contributed by atoms with E-state index in [2.05, 4.69) is 5.32 Å². The molecule has 0 aliphatic carbocycles. The Bertz CT molecular complexity index is 961. The van der Waals surface area contributed by atoms with E-state index in [0.717, 1.165) is 23.8 Å². The molecule has 28 heavy (non-hydrogen) atoms. The van der Waals surface area contributed by atoms with Crippen LogP contribution in [0.25, 0.3) is 0 Å². The number of hydrogen-bond donors (Lipinski definition) is 2. The molecule has 1 amide bonds. The van der Waals surface area contributed by atoms with Crippen LogP contribution in [-0.4, -0.2) is 25.9 Å². The van der Waals surface area contributed by atoms with Gasteiger partial charge in [-0.05, 0) is 23.6 Å². The number of nitro groups is 1. The lowest BCUT2D eigenvalue weighted by Gasteiger charge is -2.23. The van der Waals surface area contributed by atoms with Crippen LogP contribution in [0.2, 0.25) is 0 Å². The number of nitrogens with one attached hydrogen (secondary N) is 1. The summed E-state index contributed by atoms with van der Waals surface area (Å²) >= 11 is 0. The molecule has 0 radical (unpaired) electrons. The molecule has 1 atom stereocenters. The summed E-state index contributed by atoms with van der Waals surface area (Å²) in [6, 6.07) is 12.1. The van der Waals surface area contributed by atoms with Gasteiger partial charge in [0.05, 0.1) is 15.9 Å². The molecule has 0 fully saturated rings. The zero-order valence-corrected chi connectivity index (χ0v) is 16.2. The second-order valence-electron chi connectivity index (χ2n) is 6.42. The predicted molar refractivity (Wildman–Crippen MR) is 102 cm³/mol. The predicted octanol–water partition coefficient (Wildman–Crippen LogP) is 2.13. The van der Waals surface area contributed by atoms with Gasteiger partial charge < -0.3 is 10.1 Å². The van der Waals surface area contributed by atoms with E-state index in [0.29, 0.717) is 0 Å². The maximum absolute atomic E-state index is 12.3. The number of carbonyl (C=O) groups excluding carboxylic acids is 1. The lowest BCUT2D eigenvalue weighted by molar-refractivity contribution is -0.386. The van der Waals surface area contributed by atoms with E-state index in [1.165, 1.54) is 0 Å². The number of primary sulfonamides is 1. The first-order valence-electron chi connectivity index (χ1n) is 8.38. The third kappa shape index (κ3) is 5.51. The monoisotopic (exact) mass is 407 g/mol. The molecular formula is C18H21N3O6S. The van der Waals surface area contributed by atoms with Crippen molar-refractivity contribution in [2.45, 2.75) is 24.8 Å². The highest BCUT2D eigenvalue weighted by Crippen LogP contribution is 2.29. The van der Waals surface area contributed by atoms with E-state index in [1.54, 1.807) is 0 Å². The number of nitro benzene ring substituents is 1. The van der Waals surface area contributed by atoms with Crippen LogP contribution in [0, 0.1) is 16.0 Å². The van der Waals surface area contributed by atoms with Crippen molar-refractivity contribution < 1.29 is 22.9 Å². The van der Waals surface area contributed by atoms with Crippen LogP contribution < -0.4 is 15.2 Å². The number of rotatable bonds is 8. The molecule has 2 rings (SSSR count). The van der Waals surface area contributed by atoms with Gasteiger partial charge in [-0.1, -0.05) is 44.2 Å². The maximum Gasteiger partial charge on any atom is 0.312 e. The number of nitrogens with two attached hydrogens (primary N) is 1. The van der Waals surface area contributed by atoms with E-state index >= 15 is 0 Å². The van der Waals surface area contributed by atoms with Crippen LogP contribution in [-0.2, 0) is 14.8 Å². The van der Waals surface area contributed by atoms with Crippen molar-refractivity contribution in [1.82, 2.24) is 5.32 Å². The standard InChI is InChI=1S/C18H21N3O6S/c1-12(2)18(13-6-4-3-5-7-13)20-17(22)11-27-16-9-8-14(28(19,25)26)10-15(16)21(23)24/h3-10,12,18H,11H2,1-2H3,(H,20,22)(H2,19,25,26)/t18-/m1/s1. The average Bonchev–Trinajstić information content (AvgIpc) is 2.63. The Balaban J connectivity index is 2.12. The fraction of sp³-hybridized carbons (Fsp3) is 0.278. The summed E-state index contributed by atoms with van der Waals surface area (Å²) in [5.74, 6) is -0.588. The number of sulfonamides is 1. The molecule has 9 nitrogen and oxygen atoms in total. The van der Waals surface area contributed by atoms with Crippen LogP contribution in [0.3, 0.4) is 0 Å². The molecule has 0 aliphatic rings. The van der Waals surface area contributed by atoms with Crippen LogP contribution in [0.5, 0.6) is 5.75 Å². The quantitative estimate of drug-likeness (QED) is 0.507. The highest BCUT2D eigenvalue weighted by molar-refractivity contribution is 7.89. The van der Waals surface area contributed by atoms with Gasteiger partial charge in [-0.2, -0.15) is 0 Å². The number of ether oxygens (including phenoxy) is 1. The highest BCUT2D eigenvalue weighted by Gasteiger charge is 2.22. The number of nitrogens with zero attached hydrogens (tertiary/aromatic N) is 1. The fourth-order valence-corrected chi connectivity index (χ4v) is 3.13. The zero-order chi connectivity index (χ0) is 20.9. The van der Waals surface area contributed by atoms with Gasteiger partial charge in [-0.3, -0.25) is 14.9 Å². The minimum absolute atomic E-state index is 0.106. The Labute approximate surface area is 162 Å². The van der Waals surface area contributed by atoms with Gasteiger partial charge >= 0.3 is 5.69 Å². The molecule has 0 heterocycles. The van der Waals surface area contributed by atoms with Crippen LogP contribution in [0.15, 0.2) is 53.4 Å². The van der Waals surface area contributed by atoms with E-state index in [9.17, 15) is 23.3 Å². The molecule has 150 valence electrons. The first-order chi connectivity index (χ1) is 13.1. The normalized spacial score (nSPS) is 12.4. The van der Waals surface area contributed by atoms with Crippen molar-refractivity contribution in [2.24, 2.45) is 11.1 Å². The Hall–Kier alpha value is -2.98. The van der Waals surface area contributed by atoms with Crippen molar-refractivity contribution in [3.05, 3.63) is 64.2 Å². The van der Waals surface area contributed by atoms with Gasteiger partial charge in [-0.25, -0.2) is 13.6 Å². The van der Waals surface area contributed by atoms with E-state index < -0.39 is 38.0 Å². The number of hydrogen-bond acceptors (Lipinski definition) is 6. The first kappa shape index (κ1) is 21.3. The molecule has 3 N–H and O–H groups in total. The molecule has 2 aromatic carbocycles. The number of benzene rings is 2. The Morgan fingerprint density at radius 2 is 1.86 bits per heavy atom. The van der Waals surface area contributed by atoms with Gasteiger partial charge in [0.1, 0.15) is 0 Å². The van der Waals surface area contributed by atoms with Gasteiger partial charge in [0, 0.05) is 6.07 Å². The molecule has 0 saturated heterocycles. The maximum atomic E-state index is 12.3. The second-order valence-corrected chi connectivity index (χ2v) is 7.98. The lowest BCUT2D eigenvalue weighted by Crippen LogP contribution is -2.35. The Morgan fingerprint density at radius 1 is 1.21 bits per heavy atom. The van der Waals surface area contributed by atoms with Crippen LogP contribution in [0.1, 0.15) is 25.5 Å². The van der Waals surface area contributed by atoms with E-state index in [-0.39, 0.29) is 17.7 Å². The van der Waals surface area contributed by atoms with Crippen molar-refractivity contribution in [3.63, 3.8) is 0 Å². The zero-order valence-electron chi connectivity index (χ0n) is 15.4. The van der Waals surface area contributed by atoms with Gasteiger partial charge in [0.15, 0.2) is 12.4 Å². The summed E-state index contributed by atoms with van der Waals surface area (Å²) in [5, 5.41) is 19.0.